The number of nitrogens with one attached hydrogen (secondary N) is 2. The Morgan fingerprint density at radius 2 is 2.20 bits per heavy atom. The first-order valence-corrected chi connectivity index (χ1v) is 7.31. The minimum atomic E-state index is -0.109. The van der Waals surface area contributed by atoms with E-state index >= 15 is 0 Å². The lowest BCUT2D eigenvalue weighted by atomic mass is 10.0. The molecule has 1 aliphatic rings. The molecule has 0 aliphatic carbocycles. The van der Waals surface area contributed by atoms with E-state index in [1.165, 1.54) is 5.56 Å². The highest BCUT2D eigenvalue weighted by molar-refractivity contribution is 9.10. The maximum Gasteiger partial charge on any atom is 0.255 e. The number of anilines is 2. The number of halogens is 1. The molecule has 1 aromatic heterocycles. The number of carbonyl (C=O) groups is 1. The van der Waals surface area contributed by atoms with Gasteiger partial charge in [-0.15, -0.1) is 0 Å². The molecule has 0 spiro atoms. The minimum Gasteiger partial charge on any atom is -0.385 e. The van der Waals surface area contributed by atoms with Crippen LogP contribution >= 0.6 is 15.9 Å². The number of pyridine rings is 1. The highest BCUT2D eigenvalue weighted by atomic mass is 79.9. The third-order valence-corrected chi connectivity index (χ3v) is 3.76. The summed E-state index contributed by atoms with van der Waals surface area (Å²) < 4.78 is 0.746. The summed E-state index contributed by atoms with van der Waals surface area (Å²) in [5, 5.41) is 6.19. The minimum absolute atomic E-state index is 0.109. The molecule has 2 aromatic rings. The van der Waals surface area contributed by atoms with Crippen molar-refractivity contribution in [1.82, 2.24) is 4.98 Å². The molecule has 0 radical (unpaired) electrons. The van der Waals surface area contributed by atoms with Crippen LogP contribution in [0, 0.1) is 0 Å². The summed E-state index contributed by atoms with van der Waals surface area (Å²) in [4.78, 5) is 16.3. The molecule has 2 heterocycles. The standard InChI is InChI=1S/C15H14BrN3O/c16-14-6-4-12(9-18-14)19-15(20)11-3-5-13-10(8-11)2-1-7-17-13/h3-6,8-9,17H,1-2,7H2,(H,19,20). The van der Waals surface area contributed by atoms with Gasteiger partial charge in [0.05, 0.1) is 11.9 Å². The van der Waals surface area contributed by atoms with Crippen LogP contribution in [0.1, 0.15) is 22.3 Å². The van der Waals surface area contributed by atoms with Gasteiger partial charge in [0.1, 0.15) is 4.60 Å². The van der Waals surface area contributed by atoms with E-state index in [9.17, 15) is 4.79 Å². The number of fused-ring (bicyclic) bond motifs is 1. The lowest BCUT2D eigenvalue weighted by Gasteiger charge is -2.18. The number of benzene rings is 1. The molecule has 102 valence electrons. The first-order valence-electron chi connectivity index (χ1n) is 6.52. The molecule has 0 bridgehead atoms. The van der Waals surface area contributed by atoms with E-state index in [4.69, 9.17) is 0 Å². The van der Waals surface area contributed by atoms with Crippen LogP contribution in [-0.4, -0.2) is 17.4 Å². The van der Waals surface area contributed by atoms with Gasteiger partial charge in [-0.3, -0.25) is 4.79 Å². The zero-order valence-electron chi connectivity index (χ0n) is 10.8. The lowest BCUT2D eigenvalue weighted by molar-refractivity contribution is 0.102. The van der Waals surface area contributed by atoms with Crippen molar-refractivity contribution in [1.29, 1.82) is 0 Å². The molecule has 1 aromatic carbocycles. The fraction of sp³-hybridized carbons (Fsp3) is 0.200. The molecule has 3 rings (SSSR count). The maximum absolute atomic E-state index is 12.2. The summed E-state index contributed by atoms with van der Waals surface area (Å²) in [6.07, 6.45) is 3.75. The van der Waals surface area contributed by atoms with E-state index in [2.05, 4.69) is 31.5 Å². The van der Waals surface area contributed by atoms with Crippen molar-refractivity contribution in [2.45, 2.75) is 12.8 Å². The molecule has 0 saturated carbocycles. The van der Waals surface area contributed by atoms with Crippen molar-refractivity contribution in [3.63, 3.8) is 0 Å². The van der Waals surface area contributed by atoms with Crippen molar-refractivity contribution >= 4 is 33.2 Å². The molecule has 0 unspecified atom stereocenters. The summed E-state index contributed by atoms with van der Waals surface area (Å²) >= 11 is 3.27. The number of aryl methyl sites for hydroxylation is 1. The third-order valence-electron chi connectivity index (χ3n) is 3.29. The van der Waals surface area contributed by atoms with E-state index in [1.54, 1.807) is 12.3 Å². The Kier molecular flexibility index (Phi) is 3.69. The monoisotopic (exact) mass is 331 g/mol. The second kappa shape index (κ2) is 5.63. The van der Waals surface area contributed by atoms with Gasteiger partial charge in [-0.2, -0.15) is 0 Å². The molecule has 1 aliphatic heterocycles. The first kappa shape index (κ1) is 13.1. The number of nitrogens with zero attached hydrogens (tertiary/aromatic N) is 1. The number of rotatable bonds is 2. The normalized spacial score (nSPS) is 13.2. The summed E-state index contributed by atoms with van der Waals surface area (Å²) in [5.74, 6) is -0.109. The van der Waals surface area contributed by atoms with Crippen molar-refractivity contribution in [3.8, 4) is 0 Å². The predicted octanol–water partition coefficient (Wildman–Crippen LogP) is 3.45. The summed E-state index contributed by atoms with van der Waals surface area (Å²) in [7, 11) is 0. The van der Waals surface area contributed by atoms with Crippen LogP contribution in [0.2, 0.25) is 0 Å². The smallest absolute Gasteiger partial charge is 0.255 e. The summed E-state index contributed by atoms with van der Waals surface area (Å²) in [6, 6.07) is 9.40. The summed E-state index contributed by atoms with van der Waals surface area (Å²) in [5.41, 5.74) is 3.71. The molecule has 0 fully saturated rings. The van der Waals surface area contributed by atoms with E-state index in [-0.39, 0.29) is 5.91 Å². The average Bonchev–Trinajstić information content (AvgIpc) is 2.49. The van der Waals surface area contributed by atoms with Gasteiger partial charge in [-0.25, -0.2) is 4.98 Å². The van der Waals surface area contributed by atoms with Crippen LogP contribution in [-0.2, 0) is 6.42 Å². The Hall–Kier alpha value is -1.88. The molecule has 20 heavy (non-hydrogen) atoms. The van der Waals surface area contributed by atoms with Gasteiger partial charge in [-0.05, 0) is 64.7 Å². The maximum atomic E-state index is 12.2. The van der Waals surface area contributed by atoms with Crippen molar-refractivity contribution in [2.24, 2.45) is 0 Å². The van der Waals surface area contributed by atoms with E-state index in [0.717, 1.165) is 29.7 Å². The Morgan fingerprint density at radius 3 is 3.00 bits per heavy atom. The SMILES string of the molecule is O=C(Nc1ccc(Br)nc1)c1ccc2c(c1)CCCN2. The first-order chi connectivity index (χ1) is 9.72. The number of amides is 1. The summed E-state index contributed by atoms with van der Waals surface area (Å²) in [6.45, 7) is 1.00. The van der Waals surface area contributed by atoms with Crippen LogP contribution in [0.5, 0.6) is 0 Å². The van der Waals surface area contributed by atoms with Gasteiger partial charge < -0.3 is 10.6 Å². The highest BCUT2D eigenvalue weighted by Crippen LogP contribution is 2.23. The van der Waals surface area contributed by atoms with E-state index < -0.39 is 0 Å². The van der Waals surface area contributed by atoms with E-state index in [1.807, 2.05) is 24.3 Å². The number of carbonyl (C=O) groups excluding carboxylic acids is 1. The largest absolute Gasteiger partial charge is 0.385 e. The number of hydrogen-bond acceptors (Lipinski definition) is 3. The van der Waals surface area contributed by atoms with Crippen LogP contribution in [0.4, 0.5) is 11.4 Å². The third kappa shape index (κ3) is 2.82. The Bertz CT molecular complexity index is 640. The highest BCUT2D eigenvalue weighted by Gasteiger charge is 2.12. The number of hydrogen-bond donors (Lipinski definition) is 2. The van der Waals surface area contributed by atoms with Crippen LogP contribution < -0.4 is 10.6 Å². The zero-order chi connectivity index (χ0) is 13.9. The molecule has 0 atom stereocenters. The van der Waals surface area contributed by atoms with E-state index in [0.29, 0.717) is 11.3 Å². The second-order valence-electron chi connectivity index (χ2n) is 4.73. The van der Waals surface area contributed by atoms with Crippen LogP contribution in [0.25, 0.3) is 0 Å². The molecule has 2 N–H and O–H groups in total. The molecule has 4 nitrogen and oxygen atoms in total. The van der Waals surface area contributed by atoms with Crippen molar-refractivity contribution in [2.75, 3.05) is 17.2 Å². The van der Waals surface area contributed by atoms with Gasteiger partial charge in [-0.1, -0.05) is 0 Å². The Balaban J connectivity index is 1.78. The molecule has 5 heteroatoms. The Morgan fingerprint density at radius 1 is 1.30 bits per heavy atom. The van der Waals surface area contributed by atoms with Gasteiger partial charge in [0.2, 0.25) is 0 Å². The van der Waals surface area contributed by atoms with Crippen molar-refractivity contribution < 1.29 is 4.79 Å². The second-order valence-corrected chi connectivity index (χ2v) is 5.54. The zero-order valence-corrected chi connectivity index (χ0v) is 12.4. The van der Waals surface area contributed by atoms with Gasteiger partial charge in [0, 0.05) is 17.8 Å². The van der Waals surface area contributed by atoms with Crippen LogP contribution in [0.3, 0.4) is 0 Å². The van der Waals surface area contributed by atoms with Gasteiger partial charge in [0.25, 0.3) is 5.91 Å². The molecular weight excluding hydrogens is 318 g/mol. The van der Waals surface area contributed by atoms with Gasteiger partial charge >= 0.3 is 0 Å². The molecule has 0 saturated heterocycles. The lowest BCUT2D eigenvalue weighted by Crippen LogP contribution is -2.15. The average molecular weight is 332 g/mol. The topological polar surface area (TPSA) is 54.0 Å². The number of aromatic nitrogens is 1. The fourth-order valence-electron chi connectivity index (χ4n) is 2.27. The van der Waals surface area contributed by atoms with Crippen LogP contribution in [0.15, 0.2) is 41.1 Å². The molecular formula is C15H14BrN3O. The quantitative estimate of drug-likeness (QED) is 0.828. The Labute approximate surface area is 125 Å². The predicted molar refractivity (Wildman–Crippen MR) is 83.1 cm³/mol. The fourth-order valence-corrected chi connectivity index (χ4v) is 2.50. The van der Waals surface area contributed by atoms with Crippen molar-refractivity contribution in [3.05, 3.63) is 52.3 Å². The molecule has 1 amide bonds. The van der Waals surface area contributed by atoms with Gasteiger partial charge in [0.15, 0.2) is 0 Å².